The molecule has 68 valence electrons. The molecule has 0 saturated carbocycles. The largest absolute Gasteiger partial charge is 0.368 e. The smallest absolute Gasteiger partial charge is 0.239 e. The zero-order valence-corrected chi connectivity index (χ0v) is 6.72. The lowest BCUT2D eigenvalue weighted by Crippen LogP contribution is -2.39. The van der Waals surface area contributed by atoms with E-state index in [1.54, 1.807) is 0 Å². The van der Waals surface area contributed by atoms with Crippen molar-refractivity contribution in [3.05, 3.63) is 0 Å². The molecule has 0 aromatic rings. The van der Waals surface area contributed by atoms with E-state index in [1.807, 2.05) is 0 Å². The Morgan fingerprint density at radius 3 is 2.17 bits per heavy atom. The maximum absolute atomic E-state index is 10.7. The molecule has 0 heterocycles. The van der Waals surface area contributed by atoms with Crippen molar-refractivity contribution in [3.8, 4) is 0 Å². The summed E-state index contributed by atoms with van der Waals surface area (Å²) in [6.07, 6.45) is 0. The molecule has 0 bridgehead atoms. The quantitative estimate of drug-likeness (QED) is 0.446. The third-order valence-corrected chi connectivity index (χ3v) is 0.958. The van der Waals surface area contributed by atoms with Gasteiger partial charge in [-0.2, -0.15) is 0 Å². The Kier molecular flexibility index (Phi) is 4.43. The molecular formula is C6H11N3O3. The van der Waals surface area contributed by atoms with E-state index in [1.165, 1.54) is 6.92 Å². The van der Waals surface area contributed by atoms with Crippen molar-refractivity contribution in [3.63, 3.8) is 0 Å². The van der Waals surface area contributed by atoms with Gasteiger partial charge < -0.3 is 16.4 Å². The molecule has 0 atom stereocenters. The standard InChI is InChI=1S/C6H11N3O3/c1-4(10)8-3-6(12)9-2-5(7)11/h2-3H2,1H3,(H2,7,11)(H,8,10)(H,9,12). The van der Waals surface area contributed by atoms with Crippen LogP contribution in [0, 0.1) is 0 Å². The van der Waals surface area contributed by atoms with Crippen LogP contribution in [0.2, 0.25) is 0 Å². The number of nitrogens with two attached hydrogens (primary N) is 1. The van der Waals surface area contributed by atoms with Gasteiger partial charge in [0.15, 0.2) is 0 Å². The second-order valence-electron chi connectivity index (χ2n) is 2.15. The number of primary amides is 1. The summed E-state index contributed by atoms with van der Waals surface area (Å²) in [7, 11) is 0. The molecule has 0 fully saturated rings. The van der Waals surface area contributed by atoms with Gasteiger partial charge in [0.2, 0.25) is 17.7 Å². The lowest BCUT2D eigenvalue weighted by molar-refractivity contribution is -0.126. The van der Waals surface area contributed by atoms with Gasteiger partial charge in [0.25, 0.3) is 0 Å². The van der Waals surface area contributed by atoms with Gasteiger partial charge in [-0.15, -0.1) is 0 Å². The Hall–Kier alpha value is -1.59. The number of rotatable bonds is 4. The monoisotopic (exact) mass is 173 g/mol. The van der Waals surface area contributed by atoms with Crippen LogP contribution in [0.1, 0.15) is 6.92 Å². The van der Waals surface area contributed by atoms with E-state index in [-0.39, 0.29) is 19.0 Å². The molecule has 0 aliphatic heterocycles. The third-order valence-electron chi connectivity index (χ3n) is 0.958. The molecule has 0 aromatic carbocycles. The molecule has 0 aromatic heterocycles. The summed E-state index contributed by atoms with van der Waals surface area (Å²) in [5.41, 5.74) is 4.76. The Bertz CT molecular complexity index is 182. The van der Waals surface area contributed by atoms with Crippen LogP contribution in [-0.2, 0) is 14.4 Å². The number of nitrogens with one attached hydrogen (secondary N) is 2. The van der Waals surface area contributed by atoms with Crippen LogP contribution >= 0.6 is 0 Å². The molecule has 6 heteroatoms. The summed E-state index contributed by atoms with van der Waals surface area (Å²) in [6, 6.07) is 0. The molecule has 3 amide bonds. The summed E-state index contributed by atoms with van der Waals surface area (Å²) in [4.78, 5) is 31.2. The maximum Gasteiger partial charge on any atom is 0.239 e. The highest BCUT2D eigenvalue weighted by Crippen LogP contribution is 1.65. The molecule has 4 N–H and O–H groups in total. The first-order valence-electron chi connectivity index (χ1n) is 3.32. The number of carbonyl (C=O) groups is 3. The first kappa shape index (κ1) is 10.4. The molecular weight excluding hydrogens is 162 g/mol. The van der Waals surface area contributed by atoms with E-state index in [0.717, 1.165) is 0 Å². The van der Waals surface area contributed by atoms with Gasteiger partial charge in [-0.05, 0) is 0 Å². The van der Waals surface area contributed by atoms with Crippen LogP contribution in [0.15, 0.2) is 0 Å². The topological polar surface area (TPSA) is 101 Å². The van der Waals surface area contributed by atoms with Gasteiger partial charge >= 0.3 is 0 Å². The summed E-state index contributed by atoms with van der Waals surface area (Å²) in [5.74, 6) is -1.36. The van der Waals surface area contributed by atoms with Crippen LogP contribution in [0.25, 0.3) is 0 Å². The fraction of sp³-hybridized carbons (Fsp3) is 0.500. The molecule has 12 heavy (non-hydrogen) atoms. The second kappa shape index (κ2) is 5.11. The van der Waals surface area contributed by atoms with Crippen LogP contribution in [-0.4, -0.2) is 30.8 Å². The molecule has 0 aliphatic rings. The minimum Gasteiger partial charge on any atom is -0.368 e. The molecule has 0 rings (SSSR count). The van der Waals surface area contributed by atoms with Crippen molar-refractivity contribution in [2.45, 2.75) is 6.92 Å². The van der Waals surface area contributed by atoms with E-state index < -0.39 is 11.8 Å². The highest BCUT2D eigenvalue weighted by molar-refractivity contribution is 5.87. The van der Waals surface area contributed by atoms with Crippen LogP contribution < -0.4 is 16.4 Å². The summed E-state index contributed by atoms with van der Waals surface area (Å²) < 4.78 is 0. The van der Waals surface area contributed by atoms with Crippen molar-refractivity contribution in [2.24, 2.45) is 5.73 Å². The lowest BCUT2D eigenvalue weighted by atomic mass is 10.5. The van der Waals surface area contributed by atoms with Gasteiger partial charge in [-0.3, -0.25) is 14.4 Å². The van der Waals surface area contributed by atoms with Gasteiger partial charge in [-0.1, -0.05) is 0 Å². The highest BCUT2D eigenvalue weighted by Gasteiger charge is 2.02. The van der Waals surface area contributed by atoms with Gasteiger partial charge in [0, 0.05) is 6.92 Å². The van der Waals surface area contributed by atoms with E-state index in [0.29, 0.717) is 0 Å². The fourth-order valence-corrected chi connectivity index (χ4v) is 0.453. The SMILES string of the molecule is CC(=O)NCC(=O)NCC(N)=O. The molecule has 0 unspecified atom stereocenters. The molecule has 6 nitrogen and oxygen atoms in total. The first-order chi connectivity index (χ1) is 5.52. The van der Waals surface area contributed by atoms with E-state index >= 15 is 0 Å². The molecule has 0 saturated heterocycles. The predicted molar refractivity (Wildman–Crippen MR) is 40.9 cm³/mol. The van der Waals surface area contributed by atoms with Crippen LogP contribution in [0.4, 0.5) is 0 Å². The minimum absolute atomic E-state index is 0.136. The summed E-state index contributed by atoms with van der Waals surface area (Å²) >= 11 is 0. The lowest BCUT2D eigenvalue weighted by Gasteiger charge is -2.02. The number of carbonyl (C=O) groups excluding carboxylic acids is 3. The molecule has 0 aliphatic carbocycles. The van der Waals surface area contributed by atoms with Crippen molar-refractivity contribution in [1.82, 2.24) is 10.6 Å². The Balaban J connectivity index is 3.47. The van der Waals surface area contributed by atoms with E-state index in [9.17, 15) is 14.4 Å². The second-order valence-corrected chi connectivity index (χ2v) is 2.15. The van der Waals surface area contributed by atoms with E-state index in [4.69, 9.17) is 5.73 Å². The average molecular weight is 173 g/mol. The fourth-order valence-electron chi connectivity index (χ4n) is 0.453. The number of hydrogen-bond acceptors (Lipinski definition) is 3. The van der Waals surface area contributed by atoms with Crippen molar-refractivity contribution in [2.75, 3.05) is 13.1 Å². The Morgan fingerprint density at radius 1 is 1.17 bits per heavy atom. The molecule has 0 radical (unpaired) electrons. The highest BCUT2D eigenvalue weighted by atomic mass is 16.2. The van der Waals surface area contributed by atoms with Gasteiger partial charge in [0.05, 0.1) is 13.1 Å². The van der Waals surface area contributed by atoms with Crippen LogP contribution in [0.5, 0.6) is 0 Å². The van der Waals surface area contributed by atoms with Crippen molar-refractivity contribution >= 4 is 17.7 Å². The number of amides is 3. The zero-order valence-electron chi connectivity index (χ0n) is 6.72. The third kappa shape index (κ3) is 6.53. The number of hydrogen-bond donors (Lipinski definition) is 3. The minimum atomic E-state index is -0.619. The first-order valence-corrected chi connectivity index (χ1v) is 3.32. The summed E-state index contributed by atoms with van der Waals surface area (Å²) in [6.45, 7) is 0.947. The van der Waals surface area contributed by atoms with Gasteiger partial charge in [-0.25, -0.2) is 0 Å². The van der Waals surface area contributed by atoms with Crippen LogP contribution in [0.3, 0.4) is 0 Å². The zero-order chi connectivity index (χ0) is 9.56. The predicted octanol–water partition coefficient (Wildman–Crippen LogP) is -2.28. The van der Waals surface area contributed by atoms with Crippen molar-refractivity contribution < 1.29 is 14.4 Å². The van der Waals surface area contributed by atoms with E-state index in [2.05, 4.69) is 10.6 Å². The maximum atomic E-state index is 10.7. The molecule has 0 spiro atoms. The van der Waals surface area contributed by atoms with Gasteiger partial charge in [0.1, 0.15) is 0 Å². The Labute approximate surface area is 69.5 Å². The van der Waals surface area contributed by atoms with Crippen molar-refractivity contribution in [1.29, 1.82) is 0 Å². The summed E-state index contributed by atoms with van der Waals surface area (Å²) in [5, 5.41) is 4.48. The Morgan fingerprint density at radius 2 is 1.75 bits per heavy atom. The average Bonchev–Trinajstić information content (AvgIpc) is 1.96. The normalized spacial score (nSPS) is 8.75.